The second-order valence-electron chi connectivity index (χ2n) is 5.53. The van der Waals surface area contributed by atoms with Crippen LogP contribution in [-0.2, 0) is 6.42 Å². The fourth-order valence-electron chi connectivity index (χ4n) is 2.14. The Balaban J connectivity index is 1.90. The molecule has 0 atom stereocenters. The molecule has 0 aromatic heterocycles. The van der Waals surface area contributed by atoms with Crippen LogP contribution in [0.2, 0.25) is 0 Å². The molecule has 0 unspecified atom stereocenters. The molecule has 0 aliphatic rings. The van der Waals surface area contributed by atoms with Crippen molar-refractivity contribution in [2.45, 2.75) is 26.4 Å². The Bertz CT molecular complexity index is 680. The zero-order valence-electron chi connectivity index (χ0n) is 13.7. The minimum atomic E-state index is -0.572. The maximum absolute atomic E-state index is 13.5. The van der Waals surface area contributed by atoms with Gasteiger partial charge in [-0.1, -0.05) is 6.07 Å². The van der Waals surface area contributed by atoms with Crippen LogP contribution in [0.25, 0.3) is 0 Å². The van der Waals surface area contributed by atoms with Gasteiger partial charge in [0.05, 0.1) is 6.10 Å². The van der Waals surface area contributed by atoms with E-state index in [0.29, 0.717) is 0 Å². The topological polar surface area (TPSA) is 59.6 Å². The van der Waals surface area contributed by atoms with Crippen LogP contribution >= 0.6 is 0 Å². The van der Waals surface area contributed by atoms with E-state index in [1.807, 2.05) is 38.1 Å². The highest BCUT2D eigenvalue weighted by Crippen LogP contribution is 2.17. The Morgan fingerprint density at radius 3 is 2.33 bits per heavy atom. The molecule has 128 valence electrons. The van der Waals surface area contributed by atoms with Gasteiger partial charge in [-0.05, 0) is 56.7 Å². The summed E-state index contributed by atoms with van der Waals surface area (Å²) in [6, 6.07) is 11.1. The Labute approximate surface area is 140 Å². The maximum atomic E-state index is 13.5. The monoisotopic (exact) mass is 333 g/mol. The SMILES string of the molecule is CC(C)Oc1ccc(NC(N)=NCCc2c(F)cccc2F)cc1. The van der Waals surface area contributed by atoms with E-state index in [2.05, 4.69) is 10.3 Å². The standard InChI is InChI=1S/C18H21F2N3O/c1-12(2)24-14-8-6-13(7-9-14)23-18(21)22-11-10-15-16(19)4-3-5-17(15)20/h3-9,12H,10-11H2,1-2H3,(H3,21,22,23). The fraction of sp³-hybridized carbons (Fsp3) is 0.278. The predicted molar refractivity (Wildman–Crippen MR) is 92.4 cm³/mol. The quantitative estimate of drug-likeness (QED) is 0.626. The number of ether oxygens (including phenoxy) is 1. The van der Waals surface area contributed by atoms with E-state index >= 15 is 0 Å². The second-order valence-corrected chi connectivity index (χ2v) is 5.53. The van der Waals surface area contributed by atoms with Gasteiger partial charge in [0.1, 0.15) is 17.4 Å². The Morgan fingerprint density at radius 1 is 1.12 bits per heavy atom. The summed E-state index contributed by atoms with van der Waals surface area (Å²) in [5, 5.41) is 2.92. The molecular weight excluding hydrogens is 312 g/mol. The van der Waals surface area contributed by atoms with E-state index < -0.39 is 11.6 Å². The van der Waals surface area contributed by atoms with E-state index in [9.17, 15) is 8.78 Å². The second kappa shape index (κ2) is 8.29. The Hall–Kier alpha value is -2.63. The average molecular weight is 333 g/mol. The lowest BCUT2D eigenvalue weighted by Crippen LogP contribution is -2.23. The highest BCUT2D eigenvalue weighted by Gasteiger charge is 2.07. The van der Waals surface area contributed by atoms with Crippen molar-refractivity contribution in [2.24, 2.45) is 10.7 Å². The lowest BCUT2D eigenvalue weighted by molar-refractivity contribution is 0.242. The van der Waals surface area contributed by atoms with Crippen molar-refractivity contribution in [1.29, 1.82) is 0 Å². The number of guanidine groups is 1. The molecule has 0 aliphatic heterocycles. The summed E-state index contributed by atoms with van der Waals surface area (Å²) < 4.78 is 32.6. The maximum Gasteiger partial charge on any atom is 0.193 e. The molecule has 2 rings (SSSR count). The summed E-state index contributed by atoms with van der Waals surface area (Å²) in [4.78, 5) is 4.09. The molecule has 0 fully saturated rings. The van der Waals surface area contributed by atoms with E-state index in [1.54, 1.807) is 0 Å². The van der Waals surface area contributed by atoms with Gasteiger partial charge in [-0.2, -0.15) is 0 Å². The zero-order valence-corrected chi connectivity index (χ0v) is 13.7. The fourth-order valence-corrected chi connectivity index (χ4v) is 2.14. The zero-order chi connectivity index (χ0) is 17.5. The van der Waals surface area contributed by atoms with E-state index in [-0.39, 0.29) is 30.6 Å². The number of benzene rings is 2. The van der Waals surface area contributed by atoms with Crippen LogP contribution in [0.4, 0.5) is 14.5 Å². The van der Waals surface area contributed by atoms with Gasteiger partial charge in [0.15, 0.2) is 5.96 Å². The molecule has 2 aromatic carbocycles. The van der Waals surface area contributed by atoms with Gasteiger partial charge in [0, 0.05) is 17.8 Å². The molecule has 0 saturated carbocycles. The van der Waals surface area contributed by atoms with Crippen LogP contribution in [0.3, 0.4) is 0 Å². The third kappa shape index (κ3) is 5.22. The lowest BCUT2D eigenvalue weighted by atomic mass is 10.1. The van der Waals surface area contributed by atoms with Crippen molar-refractivity contribution in [3.8, 4) is 5.75 Å². The normalized spacial score (nSPS) is 11.6. The van der Waals surface area contributed by atoms with Gasteiger partial charge in [-0.15, -0.1) is 0 Å². The largest absolute Gasteiger partial charge is 0.491 e. The van der Waals surface area contributed by atoms with Crippen LogP contribution in [0.1, 0.15) is 19.4 Å². The first kappa shape index (κ1) is 17.7. The van der Waals surface area contributed by atoms with Crippen LogP contribution in [0.5, 0.6) is 5.75 Å². The highest BCUT2D eigenvalue weighted by atomic mass is 19.1. The van der Waals surface area contributed by atoms with Crippen molar-refractivity contribution in [3.05, 3.63) is 59.7 Å². The number of nitrogens with one attached hydrogen (secondary N) is 1. The first-order valence-electron chi connectivity index (χ1n) is 7.72. The van der Waals surface area contributed by atoms with Crippen molar-refractivity contribution in [2.75, 3.05) is 11.9 Å². The molecule has 0 aliphatic carbocycles. The minimum Gasteiger partial charge on any atom is -0.491 e. The number of anilines is 1. The lowest BCUT2D eigenvalue weighted by Gasteiger charge is -2.11. The number of hydrogen-bond donors (Lipinski definition) is 2. The molecule has 0 bridgehead atoms. The first-order valence-corrected chi connectivity index (χ1v) is 7.72. The van der Waals surface area contributed by atoms with Gasteiger partial charge >= 0.3 is 0 Å². The van der Waals surface area contributed by atoms with Gasteiger partial charge in [0.25, 0.3) is 0 Å². The Kier molecular flexibility index (Phi) is 6.12. The summed E-state index contributed by atoms with van der Waals surface area (Å²) in [6.45, 7) is 4.09. The van der Waals surface area contributed by atoms with Crippen LogP contribution in [-0.4, -0.2) is 18.6 Å². The molecule has 4 nitrogen and oxygen atoms in total. The summed E-state index contributed by atoms with van der Waals surface area (Å²) in [5.74, 6) is -0.194. The van der Waals surface area contributed by atoms with Crippen molar-refractivity contribution in [1.82, 2.24) is 0 Å². The molecular formula is C18H21F2N3O. The van der Waals surface area contributed by atoms with Gasteiger partial charge < -0.3 is 15.8 Å². The number of rotatable bonds is 6. The highest BCUT2D eigenvalue weighted by molar-refractivity contribution is 5.92. The summed E-state index contributed by atoms with van der Waals surface area (Å²) in [6.07, 6.45) is 0.247. The summed E-state index contributed by atoms with van der Waals surface area (Å²) >= 11 is 0. The average Bonchev–Trinajstić information content (AvgIpc) is 2.52. The van der Waals surface area contributed by atoms with E-state index in [0.717, 1.165) is 11.4 Å². The van der Waals surface area contributed by atoms with Crippen molar-refractivity contribution >= 4 is 11.6 Å². The molecule has 24 heavy (non-hydrogen) atoms. The number of aliphatic imine (C=N–C) groups is 1. The molecule has 0 radical (unpaired) electrons. The number of nitrogens with two attached hydrogens (primary N) is 1. The third-order valence-corrected chi connectivity index (χ3v) is 3.20. The molecule has 0 amide bonds. The summed E-state index contributed by atoms with van der Waals surface area (Å²) in [7, 11) is 0. The minimum absolute atomic E-state index is 0.0178. The first-order chi connectivity index (χ1) is 11.5. The van der Waals surface area contributed by atoms with Gasteiger partial charge in [0.2, 0.25) is 0 Å². The summed E-state index contributed by atoms with van der Waals surface area (Å²) in [5.41, 5.74) is 6.56. The van der Waals surface area contributed by atoms with Gasteiger partial charge in [-0.25, -0.2) is 8.78 Å². The predicted octanol–water partition coefficient (Wildman–Crippen LogP) is 3.72. The van der Waals surface area contributed by atoms with Crippen LogP contribution < -0.4 is 15.8 Å². The molecule has 0 spiro atoms. The van der Waals surface area contributed by atoms with Crippen LogP contribution in [0, 0.1) is 11.6 Å². The molecule has 3 N–H and O–H groups in total. The van der Waals surface area contributed by atoms with Crippen molar-refractivity contribution < 1.29 is 13.5 Å². The Morgan fingerprint density at radius 2 is 1.75 bits per heavy atom. The smallest absolute Gasteiger partial charge is 0.193 e. The molecule has 6 heteroatoms. The van der Waals surface area contributed by atoms with Crippen molar-refractivity contribution in [3.63, 3.8) is 0 Å². The molecule has 0 heterocycles. The van der Waals surface area contributed by atoms with Crippen LogP contribution in [0.15, 0.2) is 47.5 Å². The number of nitrogens with zero attached hydrogens (tertiary/aromatic N) is 1. The van der Waals surface area contributed by atoms with E-state index in [4.69, 9.17) is 10.5 Å². The molecule has 2 aromatic rings. The number of hydrogen-bond acceptors (Lipinski definition) is 2. The van der Waals surface area contributed by atoms with E-state index in [1.165, 1.54) is 18.2 Å². The third-order valence-electron chi connectivity index (χ3n) is 3.20. The molecule has 0 saturated heterocycles. The van der Waals surface area contributed by atoms with Gasteiger partial charge in [-0.3, -0.25) is 4.99 Å². The number of halogens is 2.